The van der Waals surface area contributed by atoms with E-state index >= 15 is 0 Å². The molecule has 1 aliphatic carbocycles. The van der Waals surface area contributed by atoms with Gasteiger partial charge in [0, 0.05) is 12.5 Å². The van der Waals surface area contributed by atoms with Crippen molar-refractivity contribution in [2.45, 2.75) is 89.0 Å². The highest BCUT2D eigenvalue weighted by Gasteiger charge is 2.22. The third-order valence-electron chi connectivity index (χ3n) is 3.79. The maximum atomic E-state index is 11.8. The van der Waals surface area contributed by atoms with E-state index in [1.807, 2.05) is 0 Å². The van der Waals surface area contributed by atoms with Gasteiger partial charge < -0.3 is 5.32 Å². The summed E-state index contributed by atoms with van der Waals surface area (Å²) >= 11 is 6.32. The Morgan fingerprint density at radius 2 is 1.83 bits per heavy atom. The molecule has 1 fully saturated rings. The molecule has 106 valence electrons. The Morgan fingerprint density at radius 1 is 1.11 bits per heavy atom. The second-order valence-corrected chi connectivity index (χ2v) is 6.05. The molecule has 0 aromatic heterocycles. The van der Waals surface area contributed by atoms with Crippen LogP contribution in [0.4, 0.5) is 0 Å². The van der Waals surface area contributed by atoms with E-state index in [2.05, 4.69) is 12.2 Å². The maximum absolute atomic E-state index is 11.8. The van der Waals surface area contributed by atoms with Crippen molar-refractivity contribution < 1.29 is 4.79 Å². The summed E-state index contributed by atoms with van der Waals surface area (Å²) in [6, 6.07) is 0.206. The fraction of sp³-hybridized carbons (Fsp3) is 0.933. The van der Waals surface area contributed by atoms with Gasteiger partial charge in [0.2, 0.25) is 5.91 Å². The average Bonchev–Trinajstić information content (AvgIpc) is 2.55. The molecule has 2 nitrogen and oxygen atoms in total. The van der Waals surface area contributed by atoms with Crippen molar-refractivity contribution in [3.05, 3.63) is 0 Å². The van der Waals surface area contributed by atoms with Crippen LogP contribution in [0.2, 0.25) is 0 Å². The molecule has 18 heavy (non-hydrogen) atoms. The third-order valence-corrected chi connectivity index (χ3v) is 4.31. The molecule has 2 unspecified atom stereocenters. The van der Waals surface area contributed by atoms with Gasteiger partial charge in [0.25, 0.3) is 0 Å². The van der Waals surface area contributed by atoms with Crippen LogP contribution in [-0.4, -0.2) is 17.3 Å². The van der Waals surface area contributed by atoms with Gasteiger partial charge in [0.1, 0.15) is 0 Å². The first kappa shape index (κ1) is 15.8. The zero-order chi connectivity index (χ0) is 13.2. The summed E-state index contributed by atoms with van der Waals surface area (Å²) in [4.78, 5) is 11.8. The van der Waals surface area contributed by atoms with Crippen LogP contribution in [0.3, 0.4) is 0 Å². The number of carbonyl (C=O) groups is 1. The van der Waals surface area contributed by atoms with Crippen LogP contribution in [0.15, 0.2) is 0 Å². The first-order chi connectivity index (χ1) is 8.74. The van der Waals surface area contributed by atoms with Gasteiger partial charge in [-0.15, -0.1) is 11.6 Å². The summed E-state index contributed by atoms with van der Waals surface area (Å²) in [7, 11) is 0. The zero-order valence-electron chi connectivity index (χ0n) is 11.7. The number of carbonyl (C=O) groups excluding carboxylic acids is 1. The van der Waals surface area contributed by atoms with Crippen LogP contribution in [0.25, 0.3) is 0 Å². The second-order valence-electron chi connectivity index (χ2n) is 5.49. The van der Waals surface area contributed by atoms with Gasteiger partial charge in [-0.2, -0.15) is 0 Å². The number of alkyl halides is 1. The topological polar surface area (TPSA) is 29.1 Å². The Balaban J connectivity index is 2.13. The molecule has 3 heteroatoms. The summed E-state index contributed by atoms with van der Waals surface area (Å²) in [6.07, 6.45) is 12.4. The molecule has 1 saturated carbocycles. The van der Waals surface area contributed by atoms with Gasteiger partial charge in [-0.1, -0.05) is 51.9 Å². The molecule has 0 aromatic carbocycles. The predicted molar refractivity (Wildman–Crippen MR) is 78.0 cm³/mol. The number of rotatable bonds is 7. The van der Waals surface area contributed by atoms with Gasteiger partial charge in [0.15, 0.2) is 0 Å². The smallest absolute Gasteiger partial charge is 0.220 e. The predicted octanol–water partition coefficient (Wildman–Crippen LogP) is 4.40. The van der Waals surface area contributed by atoms with Crippen LogP contribution < -0.4 is 5.32 Å². The van der Waals surface area contributed by atoms with E-state index < -0.39 is 0 Å². The highest BCUT2D eigenvalue weighted by Crippen LogP contribution is 2.22. The summed E-state index contributed by atoms with van der Waals surface area (Å²) in [5.74, 6) is 0.198. The Kier molecular flexibility index (Phi) is 8.49. The zero-order valence-corrected chi connectivity index (χ0v) is 12.5. The highest BCUT2D eigenvalue weighted by atomic mass is 35.5. The molecule has 0 aliphatic heterocycles. The van der Waals surface area contributed by atoms with Gasteiger partial charge in [-0.3, -0.25) is 4.79 Å². The fourth-order valence-corrected chi connectivity index (χ4v) is 2.94. The number of nitrogens with one attached hydrogen (secondary N) is 1. The molecule has 2 atom stereocenters. The van der Waals surface area contributed by atoms with Gasteiger partial charge in [-0.05, 0) is 19.3 Å². The van der Waals surface area contributed by atoms with E-state index in [9.17, 15) is 4.79 Å². The lowest BCUT2D eigenvalue weighted by Gasteiger charge is -2.21. The average molecular weight is 274 g/mol. The summed E-state index contributed by atoms with van der Waals surface area (Å²) in [6.45, 7) is 2.21. The summed E-state index contributed by atoms with van der Waals surface area (Å²) in [5.41, 5.74) is 0. The maximum Gasteiger partial charge on any atom is 0.220 e. The Morgan fingerprint density at radius 3 is 2.61 bits per heavy atom. The Hall–Kier alpha value is -0.240. The minimum absolute atomic E-state index is 0.136. The fourth-order valence-electron chi connectivity index (χ4n) is 2.59. The molecule has 0 bridgehead atoms. The molecular formula is C15H28ClNO. The normalized spacial score (nSPS) is 24.6. The quantitative estimate of drug-likeness (QED) is 0.416. The van der Waals surface area contributed by atoms with E-state index in [-0.39, 0.29) is 17.3 Å². The van der Waals surface area contributed by atoms with E-state index in [1.54, 1.807) is 0 Å². The number of hydrogen-bond donors (Lipinski definition) is 1. The summed E-state index contributed by atoms with van der Waals surface area (Å²) < 4.78 is 0. The molecule has 0 heterocycles. The van der Waals surface area contributed by atoms with Gasteiger partial charge in [0.05, 0.1) is 5.38 Å². The molecule has 0 spiro atoms. The lowest BCUT2D eigenvalue weighted by Crippen LogP contribution is -2.40. The van der Waals surface area contributed by atoms with E-state index in [1.165, 1.54) is 44.9 Å². The van der Waals surface area contributed by atoms with Crippen molar-refractivity contribution in [1.29, 1.82) is 0 Å². The SMILES string of the molecule is CCCCCCCC(=O)NC1CCCCCC1Cl. The lowest BCUT2D eigenvalue weighted by atomic mass is 10.1. The third kappa shape index (κ3) is 6.63. The minimum Gasteiger partial charge on any atom is -0.352 e. The van der Waals surface area contributed by atoms with Crippen LogP contribution in [0, 0.1) is 0 Å². The molecular weight excluding hydrogens is 246 g/mol. The van der Waals surface area contributed by atoms with Crippen LogP contribution in [0.5, 0.6) is 0 Å². The van der Waals surface area contributed by atoms with Crippen LogP contribution in [-0.2, 0) is 4.79 Å². The van der Waals surface area contributed by atoms with Crippen molar-refractivity contribution >= 4 is 17.5 Å². The number of amides is 1. The Labute approximate surface area is 117 Å². The number of hydrogen-bond acceptors (Lipinski definition) is 1. The first-order valence-corrected chi connectivity index (χ1v) is 8.11. The monoisotopic (exact) mass is 273 g/mol. The van der Waals surface area contributed by atoms with Crippen molar-refractivity contribution in [3.63, 3.8) is 0 Å². The number of halogens is 1. The largest absolute Gasteiger partial charge is 0.352 e. The second kappa shape index (κ2) is 9.66. The van der Waals surface area contributed by atoms with E-state index in [0.29, 0.717) is 6.42 Å². The minimum atomic E-state index is 0.136. The molecule has 0 aromatic rings. The lowest BCUT2D eigenvalue weighted by molar-refractivity contribution is -0.122. The van der Waals surface area contributed by atoms with E-state index in [4.69, 9.17) is 11.6 Å². The standard InChI is InChI=1S/C15H28ClNO/c1-2-3-4-5-9-12-15(18)17-14-11-8-6-7-10-13(14)16/h13-14H,2-12H2,1H3,(H,17,18). The molecule has 1 aliphatic rings. The summed E-state index contributed by atoms with van der Waals surface area (Å²) in [5, 5.41) is 3.26. The molecule has 1 N–H and O–H groups in total. The molecule has 0 saturated heterocycles. The molecule has 1 amide bonds. The number of unbranched alkanes of at least 4 members (excludes halogenated alkanes) is 4. The first-order valence-electron chi connectivity index (χ1n) is 7.67. The van der Waals surface area contributed by atoms with Crippen molar-refractivity contribution in [2.24, 2.45) is 0 Å². The van der Waals surface area contributed by atoms with Crippen molar-refractivity contribution in [1.82, 2.24) is 5.32 Å². The van der Waals surface area contributed by atoms with Crippen molar-refractivity contribution in [3.8, 4) is 0 Å². The van der Waals surface area contributed by atoms with E-state index in [0.717, 1.165) is 19.3 Å². The molecule has 0 radical (unpaired) electrons. The Bertz CT molecular complexity index is 233. The van der Waals surface area contributed by atoms with Crippen LogP contribution in [0.1, 0.15) is 77.6 Å². The van der Waals surface area contributed by atoms with Gasteiger partial charge in [-0.25, -0.2) is 0 Å². The van der Waals surface area contributed by atoms with Gasteiger partial charge >= 0.3 is 0 Å². The highest BCUT2D eigenvalue weighted by molar-refractivity contribution is 6.21. The van der Waals surface area contributed by atoms with Crippen molar-refractivity contribution in [2.75, 3.05) is 0 Å². The molecule has 1 rings (SSSR count). The van der Waals surface area contributed by atoms with Crippen LogP contribution >= 0.6 is 11.6 Å².